The van der Waals surface area contributed by atoms with Crippen molar-refractivity contribution >= 4 is 16.9 Å². The van der Waals surface area contributed by atoms with Gasteiger partial charge >= 0.3 is 0 Å². The molecule has 176 valence electrons. The molecule has 3 aromatic carbocycles. The molecule has 0 radical (unpaired) electrons. The summed E-state index contributed by atoms with van der Waals surface area (Å²) in [5.74, 6) is 1.35. The zero-order valence-corrected chi connectivity index (χ0v) is 19.4. The van der Waals surface area contributed by atoms with Crippen LogP contribution in [0.15, 0.2) is 79.1 Å². The van der Waals surface area contributed by atoms with Crippen LogP contribution in [-0.4, -0.2) is 19.7 Å². The summed E-state index contributed by atoms with van der Waals surface area (Å²) in [6.07, 6.45) is 1.45. The lowest BCUT2D eigenvalue weighted by Crippen LogP contribution is -2.01. The average molecular weight is 470 g/mol. The van der Waals surface area contributed by atoms with Gasteiger partial charge in [-0.05, 0) is 35.7 Å². The standard InChI is InChI=1S/C27H24FN5O2/c1-17(2)24-25-26(27(29)31-16-30-25)33(32-24)20-8-10-21(11-9-20)35-23-13-19(28)12-22(14-23)34-15-18-6-4-3-5-7-18/h3-14,16-17H,15H2,1-2H3,(H2,29,30,31). The number of rotatable bonds is 7. The number of aromatic nitrogens is 4. The summed E-state index contributed by atoms with van der Waals surface area (Å²) in [4.78, 5) is 8.51. The van der Waals surface area contributed by atoms with Crippen molar-refractivity contribution in [3.8, 4) is 22.9 Å². The molecule has 8 heteroatoms. The van der Waals surface area contributed by atoms with Crippen LogP contribution in [0.3, 0.4) is 0 Å². The molecule has 0 atom stereocenters. The van der Waals surface area contributed by atoms with E-state index in [1.807, 2.05) is 42.5 Å². The van der Waals surface area contributed by atoms with E-state index in [0.717, 1.165) is 22.5 Å². The Kier molecular flexibility index (Phi) is 6.01. The topological polar surface area (TPSA) is 88.1 Å². The van der Waals surface area contributed by atoms with Gasteiger partial charge in [0.25, 0.3) is 0 Å². The molecular formula is C27H24FN5O2. The van der Waals surface area contributed by atoms with Gasteiger partial charge in [-0.2, -0.15) is 5.10 Å². The average Bonchev–Trinajstić information content (AvgIpc) is 3.25. The molecule has 5 rings (SSSR count). The van der Waals surface area contributed by atoms with Crippen molar-refractivity contribution < 1.29 is 13.9 Å². The van der Waals surface area contributed by atoms with Crippen LogP contribution in [0.25, 0.3) is 16.7 Å². The molecule has 0 aliphatic carbocycles. The Balaban J connectivity index is 1.37. The highest BCUT2D eigenvalue weighted by molar-refractivity contribution is 5.88. The number of halogens is 1. The van der Waals surface area contributed by atoms with E-state index in [0.29, 0.717) is 35.2 Å². The van der Waals surface area contributed by atoms with Gasteiger partial charge < -0.3 is 15.2 Å². The summed E-state index contributed by atoms with van der Waals surface area (Å²) in [5.41, 5.74) is 10.2. The van der Waals surface area contributed by atoms with E-state index in [-0.39, 0.29) is 5.92 Å². The predicted molar refractivity (Wildman–Crippen MR) is 132 cm³/mol. The van der Waals surface area contributed by atoms with Crippen LogP contribution in [0.5, 0.6) is 17.2 Å². The lowest BCUT2D eigenvalue weighted by molar-refractivity contribution is 0.303. The highest BCUT2D eigenvalue weighted by Crippen LogP contribution is 2.31. The Morgan fingerprint density at radius 3 is 2.40 bits per heavy atom. The number of nitrogens with two attached hydrogens (primary N) is 1. The summed E-state index contributed by atoms with van der Waals surface area (Å²) in [7, 11) is 0. The van der Waals surface area contributed by atoms with Crippen molar-refractivity contribution in [3.63, 3.8) is 0 Å². The minimum Gasteiger partial charge on any atom is -0.489 e. The first-order chi connectivity index (χ1) is 17.0. The number of benzene rings is 3. The molecule has 7 nitrogen and oxygen atoms in total. The Bertz CT molecular complexity index is 1470. The van der Waals surface area contributed by atoms with Gasteiger partial charge in [0.15, 0.2) is 5.82 Å². The second-order valence-corrected chi connectivity index (χ2v) is 8.40. The highest BCUT2D eigenvalue weighted by atomic mass is 19.1. The van der Waals surface area contributed by atoms with E-state index < -0.39 is 5.82 Å². The molecule has 2 aromatic heterocycles. The molecule has 0 unspecified atom stereocenters. The fourth-order valence-corrected chi connectivity index (χ4v) is 3.78. The number of ether oxygens (including phenoxy) is 2. The van der Waals surface area contributed by atoms with Crippen LogP contribution in [0, 0.1) is 5.82 Å². The Morgan fingerprint density at radius 2 is 1.66 bits per heavy atom. The number of anilines is 1. The van der Waals surface area contributed by atoms with Crippen LogP contribution in [-0.2, 0) is 6.61 Å². The second-order valence-electron chi connectivity index (χ2n) is 8.40. The zero-order chi connectivity index (χ0) is 24.4. The Labute approximate surface area is 202 Å². The van der Waals surface area contributed by atoms with E-state index in [4.69, 9.17) is 20.3 Å². The van der Waals surface area contributed by atoms with Gasteiger partial charge in [-0.15, -0.1) is 0 Å². The maximum Gasteiger partial charge on any atom is 0.153 e. The van der Waals surface area contributed by atoms with Gasteiger partial charge in [0.1, 0.15) is 47.0 Å². The molecule has 0 spiro atoms. The van der Waals surface area contributed by atoms with Crippen LogP contribution >= 0.6 is 0 Å². The van der Waals surface area contributed by atoms with E-state index in [1.165, 1.54) is 18.5 Å². The minimum atomic E-state index is -0.443. The van der Waals surface area contributed by atoms with Crippen molar-refractivity contribution in [2.45, 2.75) is 26.4 Å². The first-order valence-corrected chi connectivity index (χ1v) is 11.2. The largest absolute Gasteiger partial charge is 0.489 e. The molecule has 35 heavy (non-hydrogen) atoms. The van der Waals surface area contributed by atoms with Crippen LogP contribution in [0.4, 0.5) is 10.2 Å². The molecule has 0 aliphatic heterocycles. The molecule has 0 fully saturated rings. The van der Waals surface area contributed by atoms with E-state index in [2.05, 4.69) is 23.8 Å². The second kappa shape index (κ2) is 9.42. The fraction of sp³-hybridized carbons (Fsp3) is 0.148. The molecule has 2 N–H and O–H groups in total. The number of fused-ring (bicyclic) bond motifs is 1. The van der Waals surface area contributed by atoms with Gasteiger partial charge in [0.05, 0.1) is 11.4 Å². The summed E-state index contributed by atoms with van der Waals surface area (Å²) >= 11 is 0. The summed E-state index contributed by atoms with van der Waals surface area (Å²) in [6.45, 7) is 4.44. The molecule has 0 bridgehead atoms. The van der Waals surface area contributed by atoms with Crippen molar-refractivity contribution in [1.29, 1.82) is 0 Å². The van der Waals surface area contributed by atoms with Crippen molar-refractivity contribution in [2.75, 3.05) is 5.73 Å². The van der Waals surface area contributed by atoms with Crippen LogP contribution < -0.4 is 15.2 Å². The monoisotopic (exact) mass is 469 g/mol. The highest BCUT2D eigenvalue weighted by Gasteiger charge is 2.18. The van der Waals surface area contributed by atoms with Crippen LogP contribution in [0.1, 0.15) is 31.0 Å². The zero-order valence-electron chi connectivity index (χ0n) is 19.4. The first kappa shape index (κ1) is 22.3. The molecule has 5 aromatic rings. The molecule has 0 saturated heterocycles. The molecule has 0 amide bonds. The molecular weight excluding hydrogens is 445 g/mol. The van der Waals surface area contributed by atoms with Gasteiger partial charge in [-0.1, -0.05) is 44.2 Å². The SMILES string of the molecule is CC(C)c1nn(-c2ccc(Oc3cc(F)cc(OCc4ccccc4)c3)cc2)c2c(N)ncnc12. The van der Waals surface area contributed by atoms with Gasteiger partial charge in [0.2, 0.25) is 0 Å². The third-order valence-corrected chi connectivity index (χ3v) is 5.47. The summed E-state index contributed by atoms with van der Waals surface area (Å²) in [6, 6.07) is 21.3. The van der Waals surface area contributed by atoms with E-state index in [1.54, 1.807) is 22.9 Å². The molecule has 2 heterocycles. The Morgan fingerprint density at radius 1 is 0.914 bits per heavy atom. The first-order valence-electron chi connectivity index (χ1n) is 11.2. The van der Waals surface area contributed by atoms with Gasteiger partial charge in [-0.25, -0.2) is 19.0 Å². The Hall–Kier alpha value is -4.46. The number of hydrogen-bond acceptors (Lipinski definition) is 6. The maximum atomic E-state index is 14.2. The fourth-order valence-electron chi connectivity index (χ4n) is 3.78. The lowest BCUT2D eigenvalue weighted by Gasteiger charge is -2.11. The number of hydrogen-bond donors (Lipinski definition) is 1. The predicted octanol–water partition coefficient (Wildman–Crippen LogP) is 6.03. The molecule has 0 aliphatic rings. The van der Waals surface area contributed by atoms with E-state index >= 15 is 0 Å². The van der Waals surface area contributed by atoms with Gasteiger partial charge in [0, 0.05) is 18.2 Å². The quantitative estimate of drug-likeness (QED) is 0.313. The lowest BCUT2D eigenvalue weighted by atomic mass is 10.1. The summed E-state index contributed by atoms with van der Waals surface area (Å²) in [5, 5.41) is 4.73. The van der Waals surface area contributed by atoms with E-state index in [9.17, 15) is 4.39 Å². The number of nitrogens with zero attached hydrogens (tertiary/aromatic N) is 4. The minimum absolute atomic E-state index is 0.168. The third kappa shape index (κ3) is 4.77. The van der Waals surface area contributed by atoms with Crippen molar-refractivity contribution in [2.24, 2.45) is 0 Å². The third-order valence-electron chi connectivity index (χ3n) is 5.47. The van der Waals surface area contributed by atoms with Gasteiger partial charge in [-0.3, -0.25) is 0 Å². The normalized spacial score (nSPS) is 11.2. The van der Waals surface area contributed by atoms with Crippen molar-refractivity contribution in [1.82, 2.24) is 19.7 Å². The summed E-state index contributed by atoms with van der Waals surface area (Å²) < 4.78 is 27.6. The smallest absolute Gasteiger partial charge is 0.153 e. The van der Waals surface area contributed by atoms with Crippen molar-refractivity contribution in [3.05, 3.63) is 96.2 Å². The molecule has 0 saturated carbocycles. The maximum absolute atomic E-state index is 14.2. The van der Waals surface area contributed by atoms with Crippen LogP contribution in [0.2, 0.25) is 0 Å². The number of nitrogen functional groups attached to an aromatic ring is 1.